The van der Waals surface area contributed by atoms with Gasteiger partial charge in [-0.3, -0.25) is 14.3 Å². The molecule has 0 heterocycles. The van der Waals surface area contributed by atoms with Crippen molar-refractivity contribution in [3.63, 3.8) is 0 Å². The van der Waals surface area contributed by atoms with E-state index in [2.05, 4.69) is 9.47 Å². The number of hydrogen-bond donors (Lipinski definition) is 0. The molecule has 0 aliphatic carbocycles. The van der Waals surface area contributed by atoms with E-state index in [0.717, 1.165) is 0 Å². The summed E-state index contributed by atoms with van der Waals surface area (Å²) >= 11 is 0. The molecule has 66 valence electrons. The summed E-state index contributed by atoms with van der Waals surface area (Å²) in [5, 5.41) is 0. The monoisotopic (exact) mass is 166 g/mol. The zero-order valence-electron chi connectivity index (χ0n) is 6.46. The second-order valence-corrected chi connectivity index (χ2v) is 1.65. The molecule has 5 heteroatoms. The highest BCUT2D eigenvalue weighted by Gasteiger charge is 2.04. The SMILES string of the molecule is COC(=O)CCC(=O)OC.F. The van der Waals surface area contributed by atoms with E-state index in [1.807, 2.05) is 0 Å². The third kappa shape index (κ3) is 6.76. The molecule has 11 heavy (non-hydrogen) atoms. The molecule has 0 aromatic carbocycles. The summed E-state index contributed by atoms with van der Waals surface area (Å²) in [6.07, 6.45) is 0.173. The van der Waals surface area contributed by atoms with Gasteiger partial charge in [0.05, 0.1) is 27.1 Å². The molecule has 0 aromatic rings. The summed E-state index contributed by atoms with van der Waals surface area (Å²) in [5.41, 5.74) is 0. The summed E-state index contributed by atoms with van der Waals surface area (Å²) in [6, 6.07) is 0. The van der Waals surface area contributed by atoms with Crippen LogP contribution < -0.4 is 0 Å². The van der Waals surface area contributed by atoms with E-state index < -0.39 is 11.9 Å². The van der Waals surface area contributed by atoms with Crippen molar-refractivity contribution < 1.29 is 23.8 Å². The number of esters is 2. The summed E-state index contributed by atoms with van der Waals surface area (Å²) in [6.45, 7) is 0. The van der Waals surface area contributed by atoms with Crippen LogP contribution in [0.15, 0.2) is 0 Å². The van der Waals surface area contributed by atoms with Gasteiger partial charge in [0.1, 0.15) is 0 Å². The van der Waals surface area contributed by atoms with Crippen LogP contribution in [-0.2, 0) is 19.1 Å². The van der Waals surface area contributed by atoms with Crippen molar-refractivity contribution in [1.82, 2.24) is 0 Å². The van der Waals surface area contributed by atoms with Crippen molar-refractivity contribution in [2.45, 2.75) is 12.8 Å². The van der Waals surface area contributed by atoms with Gasteiger partial charge < -0.3 is 9.47 Å². The number of rotatable bonds is 3. The van der Waals surface area contributed by atoms with Crippen LogP contribution in [0.1, 0.15) is 12.8 Å². The van der Waals surface area contributed by atoms with Crippen molar-refractivity contribution in [2.75, 3.05) is 14.2 Å². The third-order valence-corrected chi connectivity index (χ3v) is 0.989. The van der Waals surface area contributed by atoms with Gasteiger partial charge in [-0.15, -0.1) is 0 Å². The van der Waals surface area contributed by atoms with Gasteiger partial charge in [0.2, 0.25) is 0 Å². The molecule has 0 radical (unpaired) electrons. The lowest BCUT2D eigenvalue weighted by molar-refractivity contribution is -0.147. The molecular weight excluding hydrogens is 155 g/mol. The fourth-order valence-corrected chi connectivity index (χ4v) is 0.408. The molecule has 0 unspecified atom stereocenters. The minimum atomic E-state index is -0.398. The van der Waals surface area contributed by atoms with Gasteiger partial charge >= 0.3 is 11.9 Å². The Hall–Kier alpha value is -1.13. The Balaban J connectivity index is 0. The Kier molecular flexibility index (Phi) is 7.96. The summed E-state index contributed by atoms with van der Waals surface area (Å²) in [7, 11) is 2.55. The minimum Gasteiger partial charge on any atom is -0.469 e. The van der Waals surface area contributed by atoms with Crippen LogP contribution in [-0.4, -0.2) is 26.2 Å². The van der Waals surface area contributed by atoms with E-state index in [1.165, 1.54) is 14.2 Å². The number of halogens is 1. The Morgan fingerprint density at radius 1 is 1.00 bits per heavy atom. The van der Waals surface area contributed by atoms with Crippen LogP contribution in [0.3, 0.4) is 0 Å². The molecule has 0 aromatic heterocycles. The molecule has 0 bridgehead atoms. The number of hydrogen-bond acceptors (Lipinski definition) is 4. The highest BCUT2D eigenvalue weighted by atomic mass is 19.0. The summed E-state index contributed by atoms with van der Waals surface area (Å²) in [5.74, 6) is -0.796. The van der Waals surface area contributed by atoms with Gasteiger partial charge in [0, 0.05) is 0 Å². The van der Waals surface area contributed by atoms with Gasteiger partial charge in [0.25, 0.3) is 0 Å². The van der Waals surface area contributed by atoms with E-state index in [9.17, 15) is 9.59 Å². The Labute approximate surface area is 63.8 Å². The topological polar surface area (TPSA) is 52.6 Å². The first kappa shape index (κ1) is 12.5. The van der Waals surface area contributed by atoms with Crippen molar-refractivity contribution in [2.24, 2.45) is 0 Å². The van der Waals surface area contributed by atoms with E-state index >= 15 is 0 Å². The Morgan fingerprint density at radius 3 is 1.45 bits per heavy atom. The zero-order chi connectivity index (χ0) is 7.98. The van der Waals surface area contributed by atoms with Crippen LogP contribution in [0.25, 0.3) is 0 Å². The van der Waals surface area contributed by atoms with E-state index in [0.29, 0.717) is 0 Å². The van der Waals surface area contributed by atoms with Crippen molar-refractivity contribution in [1.29, 1.82) is 0 Å². The molecule has 4 nitrogen and oxygen atoms in total. The third-order valence-electron chi connectivity index (χ3n) is 0.989. The fraction of sp³-hybridized carbons (Fsp3) is 0.667. The molecule has 0 amide bonds. The van der Waals surface area contributed by atoms with Gasteiger partial charge in [0.15, 0.2) is 0 Å². The molecule has 0 saturated heterocycles. The first-order valence-corrected chi connectivity index (χ1v) is 2.84. The predicted molar refractivity (Wildman–Crippen MR) is 35.8 cm³/mol. The van der Waals surface area contributed by atoms with Gasteiger partial charge in [-0.1, -0.05) is 0 Å². The molecule has 0 rings (SSSR count). The first-order valence-electron chi connectivity index (χ1n) is 2.84. The highest BCUT2D eigenvalue weighted by Crippen LogP contribution is 1.92. The molecular formula is C6H11FO4. The number of carbonyl (C=O) groups is 2. The molecule has 0 spiro atoms. The van der Waals surface area contributed by atoms with Crippen LogP contribution in [0.2, 0.25) is 0 Å². The quantitative estimate of drug-likeness (QED) is 0.564. The van der Waals surface area contributed by atoms with Crippen molar-refractivity contribution in [3.05, 3.63) is 0 Å². The van der Waals surface area contributed by atoms with Gasteiger partial charge in [-0.2, -0.15) is 0 Å². The van der Waals surface area contributed by atoms with Crippen LogP contribution in [0.5, 0.6) is 0 Å². The maximum absolute atomic E-state index is 10.4. The summed E-state index contributed by atoms with van der Waals surface area (Å²) in [4.78, 5) is 20.8. The van der Waals surface area contributed by atoms with Crippen molar-refractivity contribution >= 4 is 11.9 Å². The van der Waals surface area contributed by atoms with E-state index in [-0.39, 0.29) is 17.5 Å². The zero-order valence-corrected chi connectivity index (χ0v) is 6.46. The minimum absolute atomic E-state index is 0. The van der Waals surface area contributed by atoms with E-state index in [1.54, 1.807) is 0 Å². The lowest BCUT2D eigenvalue weighted by Gasteiger charge is -1.96. The molecule has 0 aliphatic rings. The standard InChI is InChI=1S/C6H10O4.FH/c1-9-5(7)3-4-6(8)10-2;/h3-4H2,1-2H3;1H. The van der Waals surface area contributed by atoms with Crippen LogP contribution in [0, 0.1) is 0 Å². The van der Waals surface area contributed by atoms with Crippen LogP contribution >= 0.6 is 0 Å². The average molecular weight is 166 g/mol. The van der Waals surface area contributed by atoms with Crippen LogP contribution in [0.4, 0.5) is 4.70 Å². The fourth-order valence-electron chi connectivity index (χ4n) is 0.408. The van der Waals surface area contributed by atoms with E-state index in [4.69, 9.17) is 0 Å². The van der Waals surface area contributed by atoms with Gasteiger partial charge in [-0.05, 0) is 0 Å². The lowest BCUT2D eigenvalue weighted by Crippen LogP contribution is -2.06. The normalized spacial score (nSPS) is 7.82. The van der Waals surface area contributed by atoms with Crippen molar-refractivity contribution in [3.8, 4) is 0 Å². The first-order chi connectivity index (χ1) is 4.70. The highest BCUT2D eigenvalue weighted by molar-refractivity contribution is 5.77. The predicted octanol–water partition coefficient (Wildman–Crippen LogP) is 0.265. The second-order valence-electron chi connectivity index (χ2n) is 1.65. The smallest absolute Gasteiger partial charge is 0.306 e. The number of ether oxygens (including phenoxy) is 2. The molecule has 0 atom stereocenters. The Bertz CT molecular complexity index is 119. The maximum atomic E-state index is 10.4. The summed E-state index contributed by atoms with van der Waals surface area (Å²) < 4.78 is 8.60. The maximum Gasteiger partial charge on any atom is 0.306 e. The average Bonchev–Trinajstić information content (AvgIpc) is 1.99. The molecule has 0 saturated carbocycles. The number of carbonyl (C=O) groups excluding carboxylic acids is 2. The second kappa shape index (κ2) is 6.98. The number of methoxy groups -OCH3 is 2. The Morgan fingerprint density at radius 2 is 1.27 bits per heavy atom. The lowest BCUT2D eigenvalue weighted by atomic mass is 10.3. The van der Waals surface area contributed by atoms with Gasteiger partial charge in [-0.25, -0.2) is 0 Å². The molecule has 0 aliphatic heterocycles. The largest absolute Gasteiger partial charge is 0.469 e. The molecule has 0 N–H and O–H groups in total. The molecule has 0 fully saturated rings.